The minimum atomic E-state index is -0.433. The van der Waals surface area contributed by atoms with Crippen molar-refractivity contribution in [3.8, 4) is 18.1 Å². The maximum atomic E-state index is 12.8. The van der Waals surface area contributed by atoms with E-state index in [2.05, 4.69) is 32.4 Å². The van der Waals surface area contributed by atoms with Gasteiger partial charge in [-0.3, -0.25) is 4.79 Å². The van der Waals surface area contributed by atoms with Gasteiger partial charge >= 0.3 is 0 Å². The van der Waals surface area contributed by atoms with E-state index in [1.807, 2.05) is 0 Å². The molecule has 23 heavy (non-hydrogen) atoms. The Balaban J connectivity index is 2.03. The predicted molar refractivity (Wildman–Crippen MR) is 89.9 cm³/mol. The van der Waals surface area contributed by atoms with Crippen LogP contribution in [0.15, 0.2) is 52.0 Å². The number of benzene rings is 2. The number of nitrogens with one attached hydrogen (secondary N) is 1. The van der Waals surface area contributed by atoms with Crippen molar-refractivity contribution in [3.05, 3.63) is 63.9 Å². The summed E-state index contributed by atoms with van der Waals surface area (Å²) in [5.41, 5.74) is 3.39. The van der Waals surface area contributed by atoms with Gasteiger partial charge in [0, 0.05) is 15.6 Å². The quantitative estimate of drug-likeness (QED) is 0.495. The minimum absolute atomic E-state index is 0.166. The Kier molecular flexibility index (Phi) is 5.89. The van der Waals surface area contributed by atoms with E-state index < -0.39 is 11.7 Å². The van der Waals surface area contributed by atoms with E-state index >= 15 is 0 Å². The standard InChI is InChI=1S/C17H12BrFN2O2/c1-2-9-23-15-7-8-16(18)13(10-15)11-20-21-17(22)12-3-5-14(19)6-4-12/h1,3-8,10-11H,9H2,(H,21,22)/b20-11+. The van der Waals surface area contributed by atoms with Gasteiger partial charge in [-0.15, -0.1) is 6.42 Å². The molecule has 4 nitrogen and oxygen atoms in total. The fourth-order valence-electron chi connectivity index (χ4n) is 1.66. The summed E-state index contributed by atoms with van der Waals surface area (Å²) < 4.78 is 18.9. The highest BCUT2D eigenvalue weighted by molar-refractivity contribution is 9.10. The fraction of sp³-hybridized carbons (Fsp3) is 0.0588. The monoisotopic (exact) mass is 374 g/mol. The first-order valence-corrected chi connectivity index (χ1v) is 7.34. The van der Waals surface area contributed by atoms with Crippen LogP contribution in [-0.2, 0) is 0 Å². The first-order chi connectivity index (χ1) is 11.1. The second kappa shape index (κ2) is 8.11. The molecule has 0 radical (unpaired) electrons. The van der Waals surface area contributed by atoms with Gasteiger partial charge in [-0.1, -0.05) is 21.9 Å². The number of terminal acetylenes is 1. The number of hydrogen-bond donors (Lipinski definition) is 1. The van der Waals surface area contributed by atoms with Gasteiger partial charge in [0.2, 0.25) is 0 Å². The van der Waals surface area contributed by atoms with Crippen molar-refractivity contribution in [2.75, 3.05) is 6.61 Å². The number of hydrogen-bond acceptors (Lipinski definition) is 3. The SMILES string of the molecule is C#CCOc1ccc(Br)c(/C=N/NC(=O)c2ccc(F)cc2)c1. The van der Waals surface area contributed by atoms with Crippen molar-refractivity contribution in [1.29, 1.82) is 0 Å². The lowest BCUT2D eigenvalue weighted by Crippen LogP contribution is -2.17. The summed E-state index contributed by atoms with van der Waals surface area (Å²) in [7, 11) is 0. The molecule has 0 aliphatic heterocycles. The molecule has 2 aromatic rings. The molecule has 0 saturated heterocycles. The van der Waals surface area contributed by atoms with E-state index in [0.29, 0.717) is 16.9 Å². The Morgan fingerprint density at radius 2 is 2.09 bits per heavy atom. The predicted octanol–water partition coefficient (Wildman–Crippen LogP) is 3.36. The highest BCUT2D eigenvalue weighted by atomic mass is 79.9. The number of nitrogens with zero attached hydrogens (tertiary/aromatic N) is 1. The molecule has 1 N–H and O–H groups in total. The molecule has 0 fully saturated rings. The van der Waals surface area contributed by atoms with Gasteiger partial charge in [-0.2, -0.15) is 5.10 Å². The summed E-state index contributed by atoms with van der Waals surface area (Å²) in [6.07, 6.45) is 6.61. The molecular formula is C17H12BrFN2O2. The molecule has 1 amide bonds. The number of halogens is 2. The first-order valence-electron chi connectivity index (χ1n) is 6.55. The third-order valence-electron chi connectivity index (χ3n) is 2.77. The third-order valence-corrected chi connectivity index (χ3v) is 3.49. The van der Waals surface area contributed by atoms with Crippen LogP contribution in [0.1, 0.15) is 15.9 Å². The molecule has 2 rings (SSSR count). The summed E-state index contributed by atoms with van der Waals surface area (Å²) in [5, 5.41) is 3.88. The highest BCUT2D eigenvalue weighted by Gasteiger charge is 2.04. The molecule has 0 heterocycles. The van der Waals surface area contributed by atoms with E-state index in [0.717, 1.165) is 4.47 Å². The number of amides is 1. The van der Waals surface area contributed by atoms with E-state index in [1.165, 1.54) is 30.5 Å². The highest BCUT2D eigenvalue weighted by Crippen LogP contribution is 2.21. The van der Waals surface area contributed by atoms with Crippen LogP contribution in [0.25, 0.3) is 0 Å². The minimum Gasteiger partial charge on any atom is -0.481 e. The number of carbonyl (C=O) groups is 1. The topological polar surface area (TPSA) is 50.7 Å². The van der Waals surface area contributed by atoms with Gasteiger partial charge in [0.25, 0.3) is 5.91 Å². The van der Waals surface area contributed by atoms with Crippen molar-refractivity contribution in [2.24, 2.45) is 5.10 Å². The van der Waals surface area contributed by atoms with Crippen LogP contribution in [0.2, 0.25) is 0 Å². The van der Waals surface area contributed by atoms with Crippen LogP contribution < -0.4 is 10.2 Å². The molecule has 116 valence electrons. The van der Waals surface area contributed by atoms with Gasteiger partial charge in [0.05, 0.1) is 6.21 Å². The molecule has 0 atom stereocenters. The van der Waals surface area contributed by atoms with Crippen molar-refractivity contribution in [1.82, 2.24) is 5.43 Å². The van der Waals surface area contributed by atoms with E-state index in [1.54, 1.807) is 18.2 Å². The van der Waals surface area contributed by atoms with Gasteiger partial charge < -0.3 is 4.74 Å². The van der Waals surface area contributed by atoms with Crippen LogP contribution in [0.3, 0.4) is 0 Å². The molecule has 0 saturated carbocycles. The molecular weight excluding hydrogens is 363 g/mol. The van der Waals surface area contributed by atoms with Gasteiger partial charge in [-0.05, 0) is 42.5 Å². The van der Waals surface area contributed by atoms with Crippen molar-refractivity contribution in [3.63, 3.8) is 0 Å². The van der Waals surface area contributed by atoms with E-state index in [9.17, 15) is 9.18 Å². The molecule has 0 spiro atoms. The smallest absolute Gasteiger partial charge is 0.271 e. The molecule has 0 bridgehead atoms. The Morgan fingerprint density at radius 3 is 2.78 bits per heavy atom. The largest absolute Gasteiger partial charge is 0.481 e. The van der Waals surface area contributed by atoms with Crippen LogP contribution in [0, 0.1) is 18.2 Å². The van der Waals surface area contributed by atoms with E-state index in [-0.39, 0.29) is 6.61 Å². The Bertz CT molecular complexity index is 767. The second-order valence-electron chi connectivity index (χ2n) is 4.38. The molecule has 0 unspecified atom stereocenters. The molecule has 2 aromatic carbocycles. The maximum Gasteiger partial charge on any atom is 0.271 e. The lowest BCUT2D eigenvalue weighted by atomic mass is 10.2. The van der Waals surface area contributed by atoms with Crippen molar-refractivity contribution < 1.29 is 13.9 Å². The van der Waals surface area contributed by atoms with Crippen LogP contribution in [0.4, 0.5) is 4.39 Å². The maximum absolute atomic E-state index is 12.8. The normalized spacial score (nSPS) is 10.3. The summed E-state index contributed by atoms with van der Waals surface area (Å²) in [5.74, 6) is 2.14. The average Bonchev–Trinajstić information content (AvgIpc) is 2.55. The van der Waals surface area contributed by atoms with Gasteiger partial charge in [0.1, 0.15) is 18.2 Å². The van der Waals surface area contributed by atoms with Crippen molar-refractivity contribution >= 4 is 28.1 Å². The Morgan fingerprint density at radius 1 is 1.35 bits per heavy atom. The van der Waals surface area contributed by atoms with Gasteiger partial charge in [0.15, 0.2) is 0 Å². The summed E-state index contributed by atoms with van der Waals surface area (Å²) >= 11 is 3.38. The Hall–Kier alpha value is -2.65. The first kappa shape index (κ1) is 16.7. The lowest BCUT2D eigenvalue weighted by Gasteiger charge is -2.05. The zero-order valence-electron chi connectivity index (χ0n) is 11.9. The van der Waals surface area contributed by atoms with Crippen LogP contribution >= 0.6 is 15.9 Å². The molecule has 6 heteroatoms. The lowest BCUT2D eigenvalue weighted by molar-refractivity contribution is 0.0955. The van der Waals surface area contributed by atoms with Crippen LogP contribution in [-0.4, -0.2) is 18.7 Å². The number of hydrazone groups is 1. The molecule has 0 aliphatic carbocycles. The fourth-order valence-corrected chi connectivity index (χ4v) is 2.01. The second-order valence-corrected chi connectivity index (χ2v) is 5.24. The number of ether oxygens (including phenoxy) is 1. The number of carbonyl (C=O) groups excluding carboxylic acids is 1. The summed E-state index contributed by atoms with van der Waals surface area (Å²) in [6, 6.07) is 10.5. The zero-order chi connectivity index (χ0) is 16.7. The third kappa shape index (κ3) is 4.94. The number of rotatable bonds is 5. The average molecular weight is 375 g/mol. The molecule has 0 aliphatic rings. The summed E-state index contributed by atoms with van der Waals surface area (Å²) in [6.45, 7) is 0.166. The summed E-state index contributed by atoms with van der Waals surface area (Å²) in [4.78, 5) is 11.8. The molecule has 0 aromatic heterocycles. The van der Waals surface area contributed by atoms with Crippen molar-refractivity contribution in [2.45, 2.75) is 0 Å². The zero-order valence-corrected chi connectivity index (χ0v) is 13.5. The van der Waals surface area contributed by atoms with E-state index in [4.69, 9.17) is 11.2 Å². The van der Waals surface area contributed by atoms with Crippen LogP contribution in [0.5, 0.6) is 5.75 Å². The Labute approximate surface area is 141 Å². The van der Waals surface area contributed by atoms with Gasteiger partial charge in [-0.25, -0.2) is 9.82 Å².